The zero-order valence-electron chi connectivity index (χ0n) is 9.31. The van der Waals surface area contributed by atoms with Gasteiger partial charge in [-0.2, -0.15) is 0 Å². The zero-order valence-corrected chi connectivity index (χ0v) is 9.31. The Morgan fingerprint density at radius 3 is 2.44 bits per heavy atom. The van der Waals surface area contributed by atoms with Gasteiger partial charge in [-0.1, -0.05) is 0 Å². The average molecular weight is 220 g/mol. The summed E-state index contributed by atoms with van der Waals surface area (Å²) in [7, 11) is 1.74. The van der Waals surface area contributed by atoms with Gasteiger partial charge in [0, 0.05) is 19.3 Å². The monoisotopic (exact) mass is 220 g/mol. The maximum Gasteiger partial charge on any atom is 0.234 e. The van der Waals surface area contributed by atoms with Crippen LogP contribution in [0.4, 0.5) is 5.69 Å². The normalized spacial score (nSPS) is 16.9. The van der Waals surface area contributed by atoms with Crippen molar-refractivity contribution in [3.05, 3.63) is 24.3 Å². The van der Waals surface area contributed by atoms with Gasteiger partial charge >= 0.3 is 0 Å². The van der Waals surface area contributed by atoms with Gasteiger partial charge < -0.3 is 15.7 Å². The SMILES string of the molecule is CN(C(=O)C1(CN)CC1)c1ccc(O)cc1. The van der Waals surface area contributed by atoms with Crippen molar-refractivity contribution >= 4 is 11.6 Å². The molecule has 0 bridgehead atoms. The third-order valence-electron chi connectivity index (χ3n) is 3.24. The smallest absolute Gasteiger partial charge is 0.234 e. The second-order valence-electron chi connectivity index (χ2n) is 4.37. The molecule has 1 aliphatic rings. The third-order valence-corrected chi connectivity index (χ3v) is 3.24. The molecular weight excluding hydrogens is 204 g/mol. The average Bonchev–Trinajstić information content (AvgIpc) is 3.09. The first kappa shape index (κ1) is 11.0. The third kappa shape index (κ3) is 1.76. The molecule has 0 aromatic heterocycles. The molecular formula is C12H16N2O2. The largest absolute Gasteiger partial charge is 0.508 e. The molecule has 1 amide bonds. The van der Waals surface area contributed by atoms with E-state index < -0.39 is 0 Å². The molecule has 1 aromatic rings. The Morgan fingerprint density at radius 2 is 2.00 bits per heavy atom. The van der Waals surface area contributed by atoms with E-state index in [1.165, 1.54) is 0 Å². The molecule has 0 atom stereocenters. The summed E-state index contributed by atoms with van der Waals surface area (Å²) in [4.78, 5) is 13.7. The highest BCUT2D eigenvalue weighted by molar-refractivity contribution is 5.99. The van der Waals surface area contributed by atoms with Crippen LogP contribution in [0.15, 0.2) is 24.3 Å². The van der Waals surface area contributed by atoms with Crippen LogP contribution < -0.4 is 10.6 Å². The molecule has 0 unspecified atom stereocenters. The predicted molar refractivity (Wildman–Crippen MR) is 62.2 cm³/mol. The number of rotatable bonds is 3. The van der Waals surface area contributed by atoms with Crippen LogP contribution in [0.2, 0.25) is 0 Å². The van der Waals surface area contributed by atoms with Gasteiger partial charge in [-0.3, -0.25) is 4.79 Å². The summed E-state index contributed by atoms with van der Waals surface area (Å²) in [5.74, 6) is 0.269. The molecule has 4 heteroatoms. The van der Waals surface area contributed by atoms with E-state index in [9.17, 15) is 9.90 Å². The van der Waals surface area contributed by atoms with Gasteiger partial charge in [-0.25, -0.2) is 0 Å². The molecule has 3 N–H and O–H groups in total. The Morgan fingerprint density at radius 1 is 1.44 bits per heavy atom. The number of nitrogens with zero attached hydrogens (tertiary/aromatic N) is 1. The van der Waals surface area contributed by atoms with Gasteiger partial charge in [0.25, 0.3) is 0 Å². The Labute approximate surface area is 94.7 Å². The first-order chi connectivity index (χ1) is 7.59. The van der Waals surface area contributed by atoms with Gasteiger partial charge in [0.15, 0.2) is 0 Å². The van der Waals surface area contributed by atoms with Crippen LogP contribution in [0.5, 0.6) is 5.75 Å². The Balaban J connectivity index is 2.16. The van der Waals surface area contributed by atoms with Crippen LogP contribution in [0.25, 0.3) is 0 Å². The standard InChI is InChI=1S/C12H16N2O2/c1-14(9-2-4-10(15)5-3-9)11(16)12(8-13)6-7-12/h2-5,15H,6-8,13H2,1H3. The lowest BCUT2D eigenvalue weighted by Crippen LogP contribution is -2.38. The van der Waals surface area contributed by atoms with E-state index in [2.05, 4.69) is 0 Å². The molecule has 16 heavy (non-hydrogen) atoms. The first-order valence-corrected chi connectivity index (χ1v) is 5.36. The van der Waals surface area contributed by atoms with E-state index in [-0.39, 0.29) is 17.1 Å². The summed E-state index contributed by atoms with van der Waals surface area (Å²) in [6.07, 6.45) is 1.76. The number of hydrogen-bond acceptors (Lipinski definition) is 3. The summed E-state index contributed by atoms with van der Waals surface area (Å²) in [5.41, 5.74) is 6.08. The van der Waals surface area contributed by atoms with Crippen LogP contribution >= 0.6 is 0 Å². The number of aromatic hydroxyl groups is 1. The minimum atomic E-state index is -0.327. The van der Waals surface area contributed by atoms with Crippen molar-refractivity contribution in [3.8, 4) is 5.75 Å². The summed E-state index contributed by atoms with van der Waals surface area (Å²) in [5, 5.41) is 9.17. The van der Waals surface area contributed by atoms with Crippen molar-refractivity contribution in [2.45, 2.75) is 12.8 Å². The molecule has 1 saturated carbocycles. The quantitative estimate of drug-likeness (QED) is 0.801. The highest BCUT2D eigenvalue weighted by atomic mass is 16.3. The zero-order chi connectivity index (χ0) is 11.8. The van der Waals surface area contributed by atoms with Gasteiger partial charge in [-0.05, 0) is 37.1 Å². The highest BCUT2D eigenvalue weighted by Gasteiger charge is 2.50. The number of anilines is 1. The molecule has 0 aliphatic heterocycles. The van der Waals surface area contributed by atoms with Gasteiger partial charge in [-0.15, -0.1) is 0 Å². The molecule has 1 aromatic carbocycles. The minimum Gasteiger partial charge on any atom is -0.508 e. The predicted octanol–water partition coefficient (Wildman–Crippen LogP) is 1.09. The number of amides is 1. The summed E-state index contributed by atoms with van der Waals surface area (Å²) < 4.78 is 0. The van der Waals surface area contributed by atoms with E-state index in [0.717, 1.165) is 18.5 Å². The van der Waals surface area contributed by atoms with Gasteiger partial charge in [0.1, 0.15) is 5.75 Å². The topological polar surface area (TPSA) is 66.6 Å². The summed E-state index contributed by atoms with van der Waals surface area (Å²) >= 11 is 0. The van der Waals surface area contributed by atoms with E-state index in [1.807, 2.05) is 0 Å². The van der Waals surface area contributed by atoms with E-state index in [0.29, 0.717) is 6.54 Å². The summed E-state index contributed by atoms with van der Waals surface area (Å²) in [6, 6.07) is 6.59. The van der Waals surface area contributed by atoms with Crippen LogP contribution in [0.1, 0.15) is 12.8 Å². The lowest BCUT2D eigenvalue weighted by atomic mass is 10.1. The number of hydrogen-bond donors (Lipinski definition) is 2. The Hall–Kier alpha value is -1.55. The van der Waals surface area contributed by atoms with Crippen LogP contribution in [0, 0.1) is 5.41 Å². The van der Waals surface area contributed by atoms with Crippen LogP contribution in [0.3, 0.4) is 0 Å². The Bertz CT molecular complexity index is 396. The molecule has 2 rings (SSSR count). The van der Waals surface area contributed by atoms with Crippen molar-refractivity contribution < 1.29 is 9.90 Å². The number of phenols is 1. The van der Waals surface area contributed by atoms with E-state index in [1.54, 1.807) is 36.2 Å². The number of nitrogens with two attached hydrogens (primary N) is 1. The van der Waals surface area contributed by atoms with Crippen molar-refractivity contribution in [1.29, 1.82) is 0 Å². The molecule has 1 fully saturated rings. The molecule has 1 aliphatic carbocycles. The van der Waals surface area contributed by atoms with Gasteiger partial charge in [0.05, 0.1) is 5.41 Å². The fourth-order valence-corrected chi connectivity index (χ4v) is 1.81. The number of carbonyl (C=O) groups excluding carboxylic acids is 1. The van der Waals surface area contributed by atoms with Crippen LogP contribution in [-0.4, -0.2) is 24.6 Å². The number of phenolic OH excluding ortho intramolecular Hbond substituents is 1. The second kappa shape index (κ2) is 3.79. The van der Waals surface area contributed by atoms with Crippen molar-refractivity contribution in [2.24, 2.45) is 11.1 Å². The van der Waals surface area contributed by atoms with Crippen molar-refractivity contribution in [1.82, 2.24) is 0 Å². The second-order valence-corrected chi connectivity index (χ2v) is 4.37. The molecule has 86 valence electrons. The molecule has 4 nitrogen and oxygen atoms in total. The maximum atomic E-state index is 12.1. The lowest BCUT2D eigenvalue weighted by Gasteiger charge is -2.22. The minimum absolute atomic E-state index is 0.0701. The van der Waals surface area contributed by atoms with Crippen LogP contribution in [-0.2, 0) is 4.79 Å². The van der Waals surface area contributed by atoms with Gasteiger partial charge in [0.2, 0.25) is 5.91 Å². The highest BCUT2D eigenvalue weighted by Crippen LogP contribution is 2.46. The fourth-order valence-electron chi connectivity index (χ4n) is 1.81. The molecule has 0 radical (unpaired) electrons. The molecule has 0 spiro atoms. The first-order valence-electron chi connectivity index (χ1n) is 5.36. The Kier molecular flexibility index (Phi) is 2.59. The summed E-state index contributed by atoms with van der Waals surface area (Å²) in [6.45, 7) is 0.411. The molecule has 0 heterocycles. The maximum absolute atomic E-state index is 12.1. The van der Waals surface area contributed by atoms with E-state index >= 15 is 0 Å². The number of carbonyl (C=O) groups is 1. The van der Waals surface area contributed by atoms with E-state index in [4.69, 9.17) is 5.73 Å². The molecule has 0 saturated heterocycles. The fraction of sp³-hybridized carbons (Fsp3) is 0.417. The number of benzene rings is 1. The van der Waals surface area contributed by atoms with Crippen molar-refractivity contribution in [3.63, 3.8) is 0 Å². The lowest BCUT2D eigenvalue weighted by molar-refractivity contribution is -0.123. The van der Waals surface area contributed by atoms with Crippen molar-refractivity contribution in [2.75, 3.05) is 18.5 Å².